The fraction of sp³-hybridized carbons (Fsp3) is 0.364. The second-order valence-electron chi connectivity index (χ2n) is 8.16. The summed E-state index contributed by atoms with van der Waals surface area (Å²) in [6, 6.07) is 3.74. The van der Waals surface area contributed by atoms with Crippen LogP contribution < -0.4 is 15.8 Å². The third-order valence-corrected chi connectivity index (χ3v) is 6.07. The second-order valence-corrected chi connectivity index (χ2v) is 8.16. The first-order chi connectivity index (χ1) is 16.6. The Morgan fingerprint density at radius 3 is 2.28 bits per heavy atom. The highest BCUT2D eigenvalue weighted by Gasteiger charge is 2.66. The number of nitrogens with one attached hydrogen (secondary N) is 1. The van der Waals surface area contributed by atoms with Gasteiger partial charge in [-0.05, 0) is 31.2 Å². The number of hydrogen-bond donors (Lipinski definition) is 2. The van der Waals surface area contributed by atoms with Crippen molar-refractivity contribution in [1.82, 2.24) is 0 Å². The molecule has 1 saturated heterocycles. The summed E-state index contributed by atoms with van der Waals surface area (Å²) in [5.41, 5.74) is 0.424. The van der Waals surface area contributed by atoms with Gasteiger partial charge in [0.1, 0.15) is 11.9 Å². The Kier molecular flexibility index (Phi) is 7.22. The molecule has 3 N–H and O–H groups in total. The number of nitrogens with two attached hydrogens (primary N) is 1. The van der Waals surface area contributed by atoms with Gasteiger partial charge in [0.15, 0.2) is 17.2 Å². The second kappa shape index (κ2) is 9.56. The van der Waals surface area contributed by atoms with Gasteiger partial charge in [-0.1, -0.05) is 13.0 Å². The lowest BCUT2D eigenvalue weighted by Gasteiger charge is -2.32. The van der Waals surface area contributed by atoms with Crippen LogP contribution in [0.3, 0.4) is 0 Å². The molecule has 196 valence electrons. The molecule has 3 rings (SSSR count). The van der Waals surface area contributed by atoms with Crippen LogP contribution in [0.1, 0.15) is 35.7 Å². The molecule has 14 heteroatoms. The summed E-state index contributed by atoms with van der Waals surface area (Å²) in [4.78, 5) is 24.4. The Hall–Kier alpha value is -3.42. The summed E-state index contributed by atoms with van der Waals surface area (Å²) in [7, 11) is 0. The average Bonchev–Trinajstić information content (AvgIpc) is 3.04. The highest BCUT2D eigenvalue weighted by Crippen LogP contribution is 2.55. The molecule has 0 radical (unpaired) electrons. The van der Waals surface area contributed by atoms with Gasteiger partial charge in [-0.15, -0.1) is 0 Å². The fourth-order valence-corrected chi connectivity index (χ4v) is 4.05. The molecule has 1 fully saturated rings. The van der Waals surface area contributed by atoms with E-state index in [9.17, 15) is 44.7 Å². The van der Waals surface area contributed by atoms with Crippen molar-refractivity contribution in [2.24, 2.45) is 11.7 Å². The normalized spacial score (nSPS) is 24.1. The van der Waals surface area contributed by atoms with Crippen LogP contribution in [0, 0.1) is 23.4 Å². The van der Waals surface area contributed by atoms with Crippen molar-refractivity contribution in [1.29, 1.82) is 0 Å². The fourth-order valence-electron chi connectivity index (χ4n) is 4.05. The summed E-state index contributed by atoms with van der Waals surface area (Å²) >= 11 is 0. The Bertz CT molecular complexity index is 1190. The van der Waals surface area contributed by atoms with Gasteiger partial charge in [0.05, 0.1) is 5.56 Å². The number of alkyl halides is 5. The Morgan fingerprint density at radius 1 is 1.11 bits per heavy atom. The zero-order valence-corrected chi connectivity index (χ0v) is 18.4. The molecule has 6 nitrogen and oxygen atoms in total. The number of anilines is 1. The molecule has 0 unspecified atom stereocenters. The first-order valence-electron chi connectivity index (χ1n) is 10.2. The third-order valence-electron chi connectivity index (χ3n) is 6.07. The topological polar surface area (TPSA) is 90.6 Å². The first kappa shape index (κ1) is 27.2. The van der Waals surface area contributed by atoms with Crippen LogP contribution in [-0.2, 0) is 9.53 Å². The van der Waals surface area contributed by atoms with Crippen molar-refractivity contribution in [2.75, 3.05) is 5.32 Å². The van der Waals surface area contributed by atoms with Crippen molar-refractivity contribution in [3.05, 3.63) is 58.9 Å². The van der Waals surface area contributed by atoms with E-state index < -0.39 is 82.5 Å². The highest BCUT2D eigenvalue weighted by atomic mass is 19.4. The van der Waals surface area contributed by atoms with Crippen LogP contribution >= 0.6 is 0 Å². The maximum Gasteiger partial charge on any atom is 0.417 e. The third kappa shape index (κ3) is 4.81. The molecule has 0 saturated carbocycles. The van der Waals surface area contributed by atoms with Gasteiger partial charge in [0, 0.05) is 23.1 Å². The van der Waals surface area contributed by atoms with Gasteiger partial charge in [-0.3, -0.25) is 9.59 Å². The van der Waals surface area contributed by atoms with Gasteiger partial charge >= 0.3 is 12.8 Å². The maximum absolute atomic E-state index is 14.4. The molecule has 0 aromatic heterocycles. The molecule has 2 amide bonds. The lowest BCUT2D eigenvalue weighted by atomic mass is 9.77. The average molecular weight is 526 g/mol. The molecular formula is C22H18F8N2O4. The van der Waals surface area contributed by atoms with Crippen molar-refractivity contribution < 1.29 is 54.2 Å². The zero-order valence-electron chi connectivity index (χ0n) is 18.4. The number of hydrogen-bond acceptors (Lipinski definition) is 4. The predicted molar refractivity (Wildman–Crippen MR) is 108 cm³/mol. The van der Waals surface area contributed by atoms with E-state index in [1.165, 1.54) is 0 Å². The van der Waals surface area contributed by atoms with Gasteiger partial charge in [0.25, 0.3) is 11.8 Å². The minimum Gasteiger partial charge on any atom is -0.431 e. The Morgan fingerprint density at radius 2 is 1.72 bits per heavy atom. The molecule has 0 bridgehead atoms. The lowest BCUT2D eigenvalue weighted by molar-refractivity contribution is -0.272. The molecule has 36 heavy (non-hydrogen) atoms. The molecule has 2 aromatic rings. The molecular weight excluding hydrogens is 508 g/mol. The highest BCUT2D eigenvalue weighted by molar-refractivity contribution is 5.98. The maximum atomic E-state index is 14.4. The largest absolute Gasteiger partial charge is 0.431 e. The number of ether oxygens (including phenoxy) is 2. The summed E-state index contributed by atoms with van der Waals surface area (Å²) < 4.78 is 119. The standard InChI is InChI=1S/C22H18F8N2O4/c1-8-14(10-4-6-13(24)15(25)16(10)35-20(26)27)17(36-21(8,2)22(28,29)30)19(34)32-9-3-5-12(23)11(7-9)18(31)33/h3-8,14,17,20H,1-2H3,(H2,31,33)(H,32,34)/t8-,14+,17+,21-/m1/s1. The smallest absolute Gasteiger partial charge is 0.417 e. The van der Waals surface area contributed by atoms with Crippen molar-refractivity contribution in [3.63, 3.8) is 0 Å². The van der Waals surface area contributed by atoms with E-state index in [1.54, 1.807) is 0 Å². The molecule has 4 atom stereocenters. The molecule has 2 aromatic carbocycles. The van der Waals surface area contributed by atoms with Gasteiger partial charge in [-0.25, -0.2) is 8.78 Å². The molecule has 1 aliphatic rings. The summed E-state index contributed by atoms with van der Waals surface area (Å²) in [5, 5.41) is 2.14. The van der Waals surface area contributed by atoms with E-state index in [0.29, 0.717) is 19.1 Å². The number of rotatable bonds is 6. The van der Waals surface area contributed by atoms with Crippen LogP contribution in [0.25, 0.3) is 0 Å². The SMILES string of the molecule is C[C@@H]1[C@@H](c2ccc(F)c(F)c2OC(F)F)[C@@H](C(=O)Nc2ccc(F)c(C(N)=O)c2)O[C@@]1(C)C(F)(F)F. The quantitative estimate of drug-likeness (QED) is 0.525. The van der Waals surface area contributed by atoms with Crippen molar-refractivity contribution >= 4 is 17.5 Å². The van der Waals surface area contributed by atoms with Gasteiger partial charge in [0.2, 0.25) is 5.82 Å². The number of halogens is 8. The number of carbonyl (C=O) groups excluding carboxylic acids is 2. The summed E-state index contributed by atoms with van der Waals surface area (Å²) in [6.07, 6.45) is -7.18. The molecule has 0 spiro atoms. The first-order valence-corrected chi connectivity index (χ1v) is 10.2. The Balaban J connectivity index is 2.11. The van der Waals surface area contributed by atoms with Gasteiger partial charge < -0.3 is 20.5 Å². The Labute approximate surface area is 198 Å². The van der Waals surface area contributed by atoms with E-state index in [-0.39, 0.29) is 5.69 Å². The summed E-state index contributed by atoms with van der Waals surface area (Å²) in [6.45, 7) is -2.08. The van der Waals surface area contributed by atoms with Crippen molar-refractivity contribution in [2.45, 2.75) is 44.3 Å². The van der Waals surface area contributed by atoms with Crippen molar-refractivity contribution in [3.8, 4) is 5.75 Å². The summed E-state index contributed by atoms with van der Waals surface area (Å²) in [5.74, 6) is -11.9. The predicted octanol–water partition coefficient (Wildman–Crippen LogP) is 4.88. The minimum absolute atomic E-state index is 0.264. The van der Waals surface area contributed by atoms with Crippen LogP contribution in [0.15, 0.2) is 30.3 Å². The number of carbonyl (C=O) groups is 2. The molecule has 1 aliphatic heterocycles. The van der Waals surface area contributed by atoms with E-state index in [0.717, 1.165) is 25.1 Å². The monoisotopic (exact) mass is 526 g/mol. The molecule has 1 heterocycles. The van der Waals surface area contributed by atoms with E-state index >= 15 is 0 Å². The minimum atomic E-state index is -5.09. The molecule has 0 aliphatic carbocycles. The van der Waals surface area contributed by atoms with E-state index in [4.69, 9.17) is 10.5 Å². The lowest BCUT2D eigenvalue weighted by Crippen LogP contribution is -2.47. The van der Waals surface area contributed by atoms with E-state index in [2.05, 4.69) is 10.1 Å². The number of primary amides is 1. The van der Waals surface area contributed by atoms with E-state index in [1.807, 2.05) is 0 Å². The van der Waals surface area contributed by atoms with Crippen LogP contribution in [0.5, 0.6) is 5.75 Å². The zero-order chi connectivity index (χ0) is 27.2. The number of benzene rings is 2. The van der Waals surface area contributed by atoms with Gasteiger partial charge in [-0.2, -0.15) is 26.3 Å². The van der Waals surface area contributed by atoms with Crippen LogP contribution in [0.2, 0.25) is 0 Å². The van der Waals surface area contributed by atoms with Crippen LogP contribution in [-0.4, -0.2) is 36.3 Å². The number of amides is 2. The van der Waals surface area contributed by atoms with Crippen LogP contribution in [0.4, 0.5) is 40.8 Å².